The number of aromatic amines is 2. The van der Waals surface area contributed by atoms with Crippen molar-refractivity contribution in [2.75, 3.05) is 27.3 Å². The Morgan fingerprint density at radius 3 is 2.45 bits per heavy atom. The van der Waals surface area contributed by atoms with Gasteiger partial charge in [0.1, 0.15) is 23.7 Å². The van der Waals surface area contributed by atoms with E-state index in [0.717, 1.165) is 64.3 Å². The second kappa shape index (κ2) is 16.0. The van der Waals surface area contributed by atoms with E-state index in [4.69, 9.17) is 14.6 Å². The van der Waals surface area contributed by atoms with Crippen molar-refractivity contribution in [1.29, 1.82) is 0 Å². The maximum absolute atomic E-state index is 13.7. The second-order valence-corrected chi connectivity index (χ2v) is 15.2. The van der Waals surface area contributed by atoms with Crippen molar-refractivity contribution < 1.29 is 28.9 Å². The van der Waals surface area contributed by atoms with Crippen molar-refractivity contribution in [3.63, 3.8) is 0 Å². The number of amides is 3. The molecule has 2 aromatic heterocycles. The normalized spacial score (nSPS) is 21.5. The molecule has 6 atom stereocenters. The highest BCUT2D eigenvalue weighted by atomic mass is 17.2. The monoisotopic (exact) mass is 748 g/mol. The Kier molecular flexibility index (Phi) is 10.9. The Labute approximate surface area is 320 Å². The van der Waals surface area contributed by atoms with Crippen LogP contribution in [-0.4, -0.2) is 93.4 Å². The summed E-state index contributed by atoms with van der Waals surface area (Å²) in [6.07, 6.45) is 5.12. The first-order valence-electron chi connectivity index (χ1n) is 18.9. The number of aromatic nitrogens is 4. The molecular weight excluding hydrogens is 701 g/mol. The average molecular weight is 749 g/mol. The number of imidazole rings is 2. The van der Waals surface area contributed by atoms with Gasteiger partial charge in [-0.05, 0) is 78.8 Å². The van der Waals surface area contributed by atoms with E-state index in [1.807, 2.05) is 80.0 Å². The van der Waals surface area contributed by atoms with Crippen LogP contribution in [0.5, 0.6) is 0 Å². The fourth-order valence-electron chi connectivity index (χ4n) is 7.84. The van der Waals surface area contributed by atoms with Gasteiger partial charge in [-0.25, -0.2) is 19.8 Å². The van der Waals surface area contributed by atoms with Crippen LogP contribution in [-0.2, 0) is 24.1 Å². The minimum absolute atomic E-state index is 0.0136. The fraction of sp³-hybridized carbons (Fsp3) is 0.463. The molecule has 0 spiro atoms. The number of H-pyrrole nitrogens is 2. The van der Waals surface area contributed by atoms with Gasteiger partial charge >= 0.3 is 6.09 Å². The summed E-state index contributed by atoms with van der Waals surface area (Å²) in [5.74, 6) is 8.55. The predicted octanol–water partition coefficient (Wildman–Crippen LogP) is 5.55. The zero-order valence-corrected chi connectivity index (χ0v) is 32.0. The number of carbonyl (C=O) groups is 3. The predicted molar refractivity (Wildman–Crippen MR) is 205 cm³/mol. The molecule has 1 aliphatic carbocycles. The first-order chi connectivity index (χ1) is 26.6. The summed E-state index contributed by atoms with van der Waals surface area (Å²) < 4.78 is 4.78. The number of aliphatic imine (C=N–C) groups is 1. The molecule has 4 heterocycles. The quantitative estimate of drug-likeness (QED) is 0.0591. The van der Waals surface area contributed by atoms with E-state index in [-0.39, 0.29) is 35.7 Å². The highest BCUT2D eigenvalue weighted by molar-refractivity contribution is 5.87. The fourth-order valence-corrected chi connectivity index (χ4v) is 7.84. The Morgan fingerprint density at radius 2 is 1.73 bits per heavy atom. The molecule has 7 rings (SSSR count). The van der Waals surface area contributed by atoms with Gasteiger partial charge in [-0.15, -0.1) is 0 Å². The molecule has 14 heteroatoms. The number of likely N-dealkylation sites (tertiary alicyclic amines) is 2. The molecule has 2 aliphatic heterocycles. The highest BCUT2D eigenvalue weighted by Gasteiger charge is 2.56. The number of hydrogen-bond acceptors (Lipinski definition) is 9. The second-order valence-electron chi connectivity index (χ2n) is 15.2. The van der Waals surface area contributed by atoms with Crippen LogP contribution in [0.2, 0.25) is 0 Å². The number of alkyl carbamates (subject to hydrolysis) is 1. The third kappa shape index (κ3) is 7.93. The molecule has 0 unspecified atom stereocenters. The average Bonchev–Trinajstić information content (AvgIpc) is 3.67. The van der Waals surface area contributed by atoms with E-state index in [0.29, 0.717) is 24.9 Å². The maximum Gasteiger partial charge on any atom is 0.407 e. The van der Waals surface area contributed by atoms with Gasteiger partial charge in [0, 0.05) is 24.2 Å². The van der Waals surface area contributed by atoms with E-state index in [1.54, 1.807) is 6.20 Å². The first kappa shape index (κ1) is 37.6. The lowest BCUT2D eigenvalue weighted by atomic mass is 10.0. The van der Waals surface area contributed by atoms with Gasteiger partial charge in [0.15, 0.2) is 0 Å². The maximum atomic E-state index is 13.7. The minimum atomic E-state index is -0.684. The van der Waals surface area contributed by atoms with Crippen LogP contribution in [0.15, 0.2) is 53.7 Å². The number of benzene rings is 2. The van der Waals surface area contributed by atoms with Crippen LogP contribution >= 0.6 is 0 Å². The number of nitrogens with one attached hydrogen (secondary N) is 3. The Morgan fingerprint density at radius 1 is 0.964 bits per heavy atom. The number of rotatable bonds is 11. The summed E-state index contributed by atoms with van der Waals surface area (Å²) in [4.78, 5) is 73.2. The van der Waals surface area contributed by atoms with Crippen LogP contribution in [0.3, 0.4) is 0 Å². The molecule has 14 nitrogen and oxygen atoms in total. The van der Waals surface area contributed by atoms with Crippen molar-refractivity contribution in [3.8, 4) is 23.1 Å². The summed E-state index contributed by atoms with van der Waals surface area (Å²) in [7, 11) is 2.69. The molecular formula is C41H48N8O6. The Balaban J connectivity index is 1.02. The van der Waals surface area contributed by atoms with Crippen molar-refractivity contribution >= 4 is 35.3 Å². The molecule has 3 aliphatic rings. The van der Waals surface area contributed by atoms with Crippen LogP contribution in [0.25, 0.3) is 22.3 Å². The summed E-state index contributed by atoms with van der Waals surface area (Å²) in [5.41, 5.74) is 5.18. The molecule has 3 fully saturated rings. The Bertz CT molecular complexity index is 2130. The summed E-state index contributed by atoms with van der Waals surface area (Å²) in [6.45, 7) is 9.03. The van der Waals surface area contributed by atoms with E-state index in [9.17, 15) is 14.4 Å². The van der Waals surface area contributed by atoms with Gasteiger partial charge in [0.2, 0.25) is 18.2 Å². The number of methoxy groups -OCH3 is 1. The number of piperidine rings is 1. The van der Waals surface area contributed by atoms with Crippen LogP contribution < -0.4 is 5.32 Å². The zero-order chi connectivity index (χ0) is 38.8. The van der Waals surface area contributed by atoms with Crippen LogP contribution in [0.1, 0.15) is 81.8 Å². The van der Waals surface area contributed by atoms with E-state index >= 15 is 0 Å². The third-order valence-corrected chi connectivity index (χ3v) is 10.8. The number of fused-ring (bicyclic) bond motifs is 2. The lowest BCUT2D eigenvalue weighted by Crippen LogP contribution is -2.51. The number of nitrogens with zero attached hydrogens (tertiary/aromatic N) is 5. The molecule has 2 saturated heterocycles. The molecule has 3 amide bonds. The SMILES string of the molecule is COOC=N[C@H](C(=O)N1CCC[C@H]1c1ncc(-c2ccc(C#Cc3ccc4nc([C@@H]5[C@H]6C[C@H]6CN5C(=O)[C@@H](NC(=O)OC)C(C)C)[nH]c4c3)cc2)[nH]1)C(C)C. The number of hydrogen-bond donors (Lipinski definition) is 3. The van der Waals surface area contributed by atoms with E-state index in [2.05, 4.69) is 42.0 Å². The van der Waals surface area contributed by atoms with Crippen molar-refractivity contribution in [3.05, 3.63) is 71.4 Å². The van der Waals surface area contributed by atoms with Gasteiger partial charge in [-0.2, -0.15) is 4.89 Å². The molecule has 0 bridgehead atoms. The molecule has 2 aromatic carbocycles. The summed E-state index contributed by atoms with van der Waals surface area (Å²) in [6, 6.07) is 12.3. The van der Waals surface area contributed by atoms with Crippen molar-refractivity contribution in [2.24, 2.45) is 28.7 Å². The van der Waals surface area contributed by atoms with Crippen LogP contribution in [0.4, 0.5) is 4.79 Å². The van der Waals surface area contributed by atoms with Gasteiger partial charge in [0.05, 0.1) is 49.2 Å². The smallest absolute Gasteiger partial charge is 0.407 e. The van der Waals surface area contributed by atoms with Crippen molar-refractivity contribution in [1.82, 2.24) is 35.1 Å². The Hall–Kier alpha value is -5.68. The zero-order valence-electron chi connectivity index (χ0n) is 32.0. The summed E-state index contributed by atoms with van der Waals surface area (Å²) in [5, 5.41) is 2.72. The molecule has 3 N–H and O–H groups in total. The topological polar surface area (TPSA) is 167 Å². The van der Waals surface area contributed by atoms with E-state index < -0.39 is 18.2 Å². The standard InChI is InChI=1S/C41H48N8O6/c1-23(2)34(43-22-55-54-6)39(50)48-17-7-8-33(48)37-42-20-32(46-37)27-14-11-25(12-15-27)9-10-26-13-16-30-31(18-26)45-38(44-30)36-29-19-28(29)21-49(36)40(51)35(24(3)4)47-41(52)53-5/h11-16,18,20,22-24,28-29,33-36H,7-8,17,19,21H2,1-6H3,(H,42,46)(H,44,45)(H,47,52)/t28-,29-,33-,34-,35-,36-/m0/s1. The first-order valence-corrected chi connectivity index (χ1v) is 18.9. The lowest BCUT2D eigenvalue weighted by Gasteiger charge is -2.31. The molecule has 288 valence electrons. The molecule has 55 heavy (non-hydrogen) atoms. The van der Waals surface area contributed by atoms with Gasteiger partial charge in [-0.1, -0.05) is 51.7 Å². The van der Waals surface area contributed by atoms with Crippen LogP contribution in [0, 0.1) is 35.5 Å². The van der Waals surface area contributed by atoms with Gasteiger partial charge in [0.25, 0.3) is 0 Å². The molecule has 0 radical (unpaired) electrons. The van der Waals surface area contributed by atoms with Gasteiger partial charge < -0.3 is 34.7 Å². The van der Waals surface area contributed by atoms with E-state index in [1.165, 1.54) is 20.6 Å². The van der Waals surface area contributed by atoms with Crippen molar-refractivity contribution in [2.45, 2.75) is 71.1 Å². The minimum Gasteiger partial charge on any atom is -0.453 e. The number of ether oxygens (including phenoxy) is 1. The third-order valence-electron chi connectivity index (χ3n) is 10.8. The molecule has 4 aromatic rings. The summed E-state index contributed by atoms with van der Waals surface area (Å²) >= 11 is 0. The van der Waals surface area contributed by atoms with Gasteiger partial charge in [-0.3, -0.25) is 9.59 Å². The molecule has 1 saturated carbocycles. The number of carbonyl (C=O) groups excluding carboxylic acids is 3. The lowest BCUT2D eigenvalue weighted by molar-refractivity contribution is -0.188. The largest absolute Gasteiger partial charge is 0.453 e. The highest BCUT2D eigenvalue weighted by Crippen LogP contribution is 2.56.